The van der Waals surface area contributed by atoms with Crippen molar-refractivity contribution in [1.29, 1.82) is 0 Å². The Labute approximate surface area is 69.4 Å². The van der Waals surface area contributed by atoms with E-state index in [4.69, 9.17) is 18.0 Å². The summed E-state index contributed by atoms with van der Waals surface area (Å²) in [7, 11) is 0. The van der Waals surface area contributed by atoms with Crippen LogP contribution in [0.4, 0.5) is 5.95 Å². The normalized spacial score (nSPS) is 17.1. The Morgan fingerprint density at radius 1 is 1.73 bits per heavy atom. The lowest BCUT2D eigenvalue weighted by Gasteiger charge is -1.99. The van der Waals surface area contributed by atoms with E-state index in [0.29, 0.717) is 10.7 Å². The first-order chi connectivity index (χ1) is 5.27. The summed E-state index contributed by atoms with van der Waals surface area (Å²) < 4.78 is 2.49. The van der Waals surface area contributed by atoms with Gasteiger partial charge in [0.15, 0.2) is 4.77 Å². The van der Waals surface area contributed by atoms with Crippen molar-refractivity contribution in [2.45, 2.75) is 19.4 Å². The summed E-state index contributed by atoms with van der Waals surface area (Å²) in [5, 5.41) is 6.48. The number of nitrogens with one attached hydrogen (secondary N) is 1. The van der Waals surface area contributed by atoms with E-state index in [1.165, 1.54) is 12.8 Å². The summed E-state index contributed by atoms with van der Waals surface area (Å²) in [6.07, 6.45) is 2.60. The lowest BCUT2D eigenvalue weighted by atomic mass is 10.4. The number of hydrogen-bond acceptors (Lipinski definition) is 3. The Bertz CT molecular complexity index is 309. The Kier molecular flexibility index (Phi) is 1.45. The molecule has 0 radical (unpaired) electrons. The maximum atomic E-state index is 5.57. The smallest absolute Gasteiger partial charge is 0.220 e. The van der Waals surface area contributed by atoms with E-state index < -0.39 is 0 Å². The predicted octanol–water partition coefficient (Wildman–Crippen LogP) is 0.933. The average Bonchev–Trinajstić information content (AvgIpc) is 2.73. The lowest BCUT2D eigenvalue weighted by Crippen LogP contribution is -2.04. The molecule has 1 heterocycles. The summed E-state index contributed by atoms with van der Waals surface area (Å²) in [6.45, 7) is 0.932. The van der Waals surface area contributed by atoms with E-state index in [1.807, 2.05) is 4.57 Å². The minimum Gasteiger partial charge on any atom is -0.368 e. The highest BCUT2D eigenvalue weighted by Gasteiger charge is 2.22. The van der Waals surface area contributed by atoms with E-state index >= 15 is 0 Å². The molecule has 1 aliphatic carbocycles. The van der Waals surface area contributed by atoms with Gasteiger partial charge >= 0.3 is 0 Å². The second-order valence-electron chi connectivity index (χ2n) is 2.94. The summed E-state index contributed by atoms with van der Waals surface area (Å²) in [5.74, 6) is 1.28. The molecule has 0 atom stereocenters. The van der Waals surface area contributed by atoms with Crippen molar-refractivity contribution in [3.8, 4) is 0 Å². The minimum atomic E-state index is 0.502. The van der Waals surface area contributed by atoms with Gasteiger partial charge in [-0.05, 0) is 31.0 Å². The van der Waals surface area contributed by atoms with Crippen molar-refractivity contribution in [1.82, 2.24) is 14.8 Å². The zero-order valence-electron chi connectivity index (χ0n) is 6.08. The topological polar surface area (TPSA) is 59.6 Å². The highest BCUT2D eigenvalue weighted by atomic mass is 32.1. The quantitative estimate of drug-likeness (QED) is 0.649. The maximum Gasteiger partial charge on any atom is 0.220 e. The van der Waals surface area contributed by atoms with Crippen molar-refractivity contribution >= 4 is 18.2 Å². The number of nitrogen functional groups attached to an aromatic ring is 1. The Hall–Kier alpha value is -0.840. The van der Waals surface area contributed by atoms with Crippen LogP contribution in [0.5, 0.6) is 0 Å². The van der Waals surface area contributed by atoms with E-state index in [0.717, 1.165) is 12.5 Å². The number of H-pyrrole nitrogens is 1. The first-order valence-corrected chi connectivity index (χ1v) is 4.09. The lowest BCUT2D eigenvalue weighted by molar-refractivity contribution is 0.626. The number of rotatable bonds is 2. The standard InChI is InChI=1S/C6H10N4S/c7-5-8-9-6(11)10(5)3-4-1-2-4/h4H,1-3H2,(H2,7,8)(H,9,11). The first kappa shape index (κ1) is 6.84. The van der Waals surface area contributed by atoms with Crippen molar-refractivity contribution in [2.75, 3.05) is 5.73 Å². The minimum absolute atomic E-state index is 0.502. The molecule has 1 aromatic rings. The van der Waals surface area contributed by atoms with Gasteiger partial charge in [0.1, 0.15) is 0 Å². The molecule has 0 bridgehead atoms. The second kappa shape index (κ2) is 2.34. The van der Waals surface area contributed by atoms with Crippen molar-refractivity contribution in [2.24, 2.45) is 5.92 Å². The third-order valence-electron chi connectivity index (χ3n) is 1.93. The van der Waals surface area contributed by atoms with Gasteiger partial charge < -0.3 is 5.73 Å². The maximum absolute atomic E-state index is 5.57. The van der Waals surface area contributed by atoms with E-state index in [2.05, 4.69) is 10.2 Å². The zero-order chi connectivity index (χ0) is 7.84. The highest BCUT2D eigenvalue weighted by Crippen LogP contribution is 2.31. The molecule has 0 unspecified atom stereocenters. The summed E-state index contributed by atoms with van der Waals surface area (Å²) in [4.78, 5) is 0. The molecule has 0 amide bonds. The van der Waals surface area contributed by atoms with Gasteiger partial charge in [-0.3, -0.25) is 4.57 Å². The molecule has 0 aliphatic heterocycles. The van der Waals surface area contributed by atoms with Crippen LogP contribution in [0.3, 0.4) is 0 Å². The highest BCUT2D eigenvalue weighted by molar-refractivity contribution is 7.71. The average molecular weight is 170 g/mol. The number of aromatic amines is 1. The Morgan fingerprint density at radius 3 is 2.91 bits per heavy atom. The summed E-state index contributed by atoms with van der Waals surface area (Å²) in [6, 6.07) is 0. The number of nitrogens with zero attached hydrogens (tertiary/aromatic N) is 2. The van der Waals surface area contributed by atoms with Crippen LogP contribution in [0.2, 0.25) is 0 Å². The Balaban J connectivity index is 2.26. The molecule has 1 fully saturated rings. The molecule has 1 aromatic heterocycles. The third-order valence-corrected chi connectivity index (χ3v) is 2.24. The molecular weight excluding hydrogens is 160 g/mol. The number of aromatic nitrogens is 3. The molecule has 0 saturated heterocycles. The largest absolute Gasteiger partial charge is 0.368 e. The van der Waals surface area contributed by atoms with Gasteiger partial charge in [-0.15, -0.1) is 5.10 Å². The van der Waals surface area contributed by atoms with Gasteiger partial charge in [0, 0.05) is 6.54 Å². The van der Waals surface area contributed by atoms with Crippen LogP contribution in [0.25, 0.3) is 0 Å². The molecule has 5 heteroatoms. The summed E-state index contributed by atoms with van der Waals surface area (Å²) >= 11 is 4.98. The molecule has 3 N–H and O–H groups in total. The fourth-order valence-corrected chi connectivity index (χ4v) is 1.28. The second-order valence-corrected chi connectivity index (χ2v) is 3.33. The molecule has 2 rings (SSSR count). The first-order valence-electron chi connectivity index (χ1n) is 3.68. The SMILES string of the molecule is Nc1n[nH]c(=S)n1CC1CC1. The fourth-order valence-electron chi connectivity index (χ4n) is 1.06. The molecule has 4 nitrogen and oxygen atoms in total. The monoisotopic (exact) mass is 170 g/mol. The van der Waals surface area contributed by atoms with Gasteiger partial charge in [0.25, 0.3) is 0 Å². The van der Waals surface area contributed by atoms with Crippen LogP contribution >= 0.6 is 12.2 Å². The van der Waals surface area contributed by atoms with Crippen LogP contribution < -0.4 is 5.73 Å². The van der Waals surface area contributed by atoms with Crippen LogP contribution in [-0.2, 0) is 6.54 Å². The van der Waals surface area contributed by atoms with Crippen molar-refractivity contribution in [3.63, 3.8) is 0 Å². The Morgan fingerprint density at radius 2 is 2.45 bits per heavy atom. The van der Waals surface area contributed by atoms with Gasteiger partial charge in [-0.25, -0.2) is 5.10 Å². The van der Waals surface area contributed by atoms with Gasteiger partial charge in [0.05, 0.1) is 0 Å². The van der Waals surface area contributed by atoms with Gasteiger partial charge in [0.2, 0.25) is 5.95 Å². The van der Waals surface area contributed by atoms with Gasteiger partial charge in [-0.2, -0.15) is 0 Å². The van der Waals surface area contributed by atoms with Crippen LogP contribution in [0.15, 0.2) is 0 Å². The zero-order valence-corrected chi connectivity index (χ0v) is 6.90. The predicted molar refractivity (Wildman–Crippen MR) is 44.5 cm³/mol. The summed E-state index contributed by atoms with van der Waals surface area (Å²) in [5.41, 5.74) is 5.57. The molecule has 0 spiro atoms. The molecule has 60 valence electrons. The third kappa shape index (κ3) is 1.28. The van der Waals surface area contributed by atoms with Gasteiger partial charge in [-0.1, -0.05) is 0 Å². The van der Waals surface area contributed by atoms with Crippen molar-refractivity contribution in [3.05, 3.63) is 4.77 Å². The molecule has 1 aliphatic rings. The van der Waals surface area contributed by atoms with Crippen LogP contribution in [0.1, 0.15) is 12.8 Å². The molecule has 1 saturated carbocycles. The number of hydrogen-bond donors (Lipinski definition) is 2. The van der Waals surface area contributed by atoms with Crippen molar-refractivity contribution < 1.29 is 0 Å². The van der Waals surface area contributed by atoms with Crippen LogP contribution in [-0.4, -0.2) is 14.8 Å². The van der Waals surface area contributed by atoms with E-state index in [-0.39, 0.29) is 0 Å². The van der Waals surface area contributed by atoms with E-state index in [9.17, 15) is 0 Å². The van der Waals surface area contributed by atoms with Crippen LogP contribution in [0, 0.1) is 10.7 Å². The number of nitrogens with two attached hydrogens (primary N) is 1. The fraction of sp³-hybridized carbons (Fsp3) is 0.667. The molecule has 0 aromatic carbocycles. The molecule has 11 heavy (non-hydrogen) atoms. The molecular formula is C6H10N4S. The number of anilines is 1. The van der Waals surface area contributed by atoms with E-state index in [1.54, 1.807) is 0 Å².